The molecule has 1 aliphatic heterocycles. The average Bonchev–Trinajstić information content (AvgIpc) is 2.37. The third-order valence-electron chi connectivity index (χ3n) is 3.29. The van der Waals surface area contributed by atoms with Crippen molar-refractivity contribution < 1.29 is 13.2 Å². The number of hydrogen-bond donors (Lipinski definition) is 1. The second-order valence-electron chi connectivity index (χ2n) is 5.09. The highest BCUT2D eigenvalue weighted by atomic mass is 35.5. The topological polar surface area (TPSA) is 58.6 Å². The summed E-state index contributed by atoms with van der Waals surface area (Å²) in [5.74, 6) is 0.465. The molecule has 1 fully saturated rings. The molecule has 112 valence electrons. The molecule has 0 amide bonds. The summed E-state index contributed by atoms with van der Waals surface area (Å²) < 4.78 is 31.8. The third-order valence-corrected chi connectivity index (χ3v) is 5.41. The van der Waals surface area contributed by atoms with E-state index in [9.17, 15) is 8.42 Å². The van der Waals surface area contributed by atoms with E-state index < -0.39 is 10.0 Å². The van der Waals surface area contributed by atoms with Gasteiger partial charge in [0, 0.05) is 25.2 Å². The van der Waals surface area contributed by atoms with Crippen molar-refractivity contribution >= 4 is 21.6 Å². The van der Waals surface area contributed by atoms with Crippen molar-refractivity contribution in [2.24, 2.45) is 0 Å². The monoisotopic (exact) mass is 318 g/mol. The Morgan fingerprint density at radius 1 is 1.30 bits per heavy atom. The lowest BCUT2D eigenvalue weighted by atomic mass is 10.2. The number of nitrogens with zero attached hydrogens (tertiary/aromatic N) is 1. The minimum Gasteiger partial charge on any atom is -0.495 e. The van der Waals surface area contributed by atoms with Crippen LogP contribution in [0, 0.1) is 0 Å². The molecular weight excluding hydrogens is 300 g/mol. The molecule has 2 unspecified atom stereocenters. The van der Waals surface area contributed by atoms with E-state index in [1.807, 2.05) is 13.8 Å². The SMILES string of the molecule is COc1ccc(S(=O)(=O)N2CC(C)NC(C)C2)cc1Cl. The van der Waals surface area contributed by atoms with Crippen LogP contribution in [-0.2, 0) is 10.0 Å². The number of halogens is 1. The van der Waals surface area contributed by atoms with Crippen LogP contribution in [0.15, 0.2) is 23.1 Å². The number of nitrogens with one attached hydrogen (secondary N) is 1. The number of ether oxygens (including phenoxy) is 1. The number of methoxy groups -OCH3 is 1. The van der Waals surface area contributed by atoms with Gasteiger partial charge in [-0.1, -0.05) is 11.6 Å². The summed E-state index contributed by atoms with van der Waals surface area (Å²) in [5.41, 5.74) is 0. The first-order valence-electron chi connectivity index (χ1n) is 6.44. The number of piperazine rings is 1. The molecule has 5 nitrogen and oxygen atoms in total. The maximum absolute atomic E-state index is 12.6. The van der Waals surface area contributed by atoms with E-state index >= 15 is 0 Å². The van der Waals surface area contributed by atoms with E-state index in [-0.39, 0.29) is 17.0 Å². The first kappa shape index (κ1) is 15.6. The fourth-order valence-electron chi connectivity index (χ4n) is 2.43. The van der Waals surface area contributed by atoms with E-state index in [1.54, 1.807) is 6.07 Å². The van der Waals surface area contributed by atoms with Crippen molar-refractivity contribution in [1.29, 1.82) is 0 Å². The lowest BCUT2D eigenvalue weighted by Gasteiger charge is -2.35. The molecule has 1 heterocycles. The highest BCUT2D eigenvalue weighted by Gasteiger charge is 2.31. The van der Waals surface area contributed by atoms with Crippen molar-refractivity contribution in [3.63, 3.8) is 0 Å². The molecule has 0 aromatic heterocycles. The Morgan fingerprint density at radius 2 is 1.90 bits per heavy atom. The molecule has 20 heavy (non-hydrogen) atoms. The first-order valence-corrected chi connectivity index (χ1v) is 8.26. The standard InChI is InChI=1S/C13H19ClN2O3S/c1-9-7-16(8-10(2)15-9)20(17,18)11-4-5-13(19-3)12(14)6-11/h4-6,9-10,15H,7-8H2,1-3H3. The largest absolute Gasteiger partial charge is 0.495 e. The van der Waals surface area contributed by atoms with E-state index in [1.165, 1.54) is 23.5 Å². The Bertz CT molecular complexity index is 581. The molecule has 0 radical (unpaired) electrons. The maximum atomic E-state index is 12.6. The molecule has 2 atom stereocenters. The van der Waals surface area contributed by atoms with Crippen molar-refractivity contribution in [3.8, 4) is 5.75 Å². The zero-order valence-corrected chi connectivity index (χ0v) is 13.3. The average molecular weight is 319 g/mol. The molecule has 2 rings (SSSR count). The number of benzene rings is 1. The predicted octanol–water partition coefficient (Wildman–Crippen LogP) is 1.72. The highest BCUT2D eigenvalue weighted by Crippen LogP contribution is 2.28. The van der Waals surface area contributed by atoms with Crippen molar-refractivity contribution in [2.75, 3.05) is 20.2 Å². The molecular formula is C13H19ClN2O3S. The Morgan fingerprint density at radius 3 is 2.40 bits per heavy atom. The van der Waals surface area contributed by atoms with Gasteiger partial charge in [0.25, 0.3) is 0 Å². The summed E-state index contributed by atoms with van der Waals surface area (Å²) in [6.07, 6.45) is 0. The third kappa shape index (κ3) is 3.09. The van der Waals surface area contributed by atoms with E-state index in [0.717, 1.165) is 0 Å². The summed E-state index contributed by atoms with van der Waals surface area (Å²) in [4.78, 5) is 0.199. The Balaban J connectivity index is 2.32. The van der Waals surface area contributed by atoms with Gasteiger partial charge in [0.05, 0.1) is 17.0 Å². The Hall–Kier alpha value is -0.820. The van der Waals surface area contributed by atoms with Crippen LogP contribution in [0.2, 0.25) is 5.02 Å². The van der Waals surface area contributed by atoms with Crippen LogP contribution in [0.5, 0.6) is 5.75 Å². The van der Waals surface area contributed by atoms with Crippen LogP contribution in [-0.4, -0.2) is 45.0 Å². The second kappa shape index (κ2) is 5.89. The fourth-order valence-corrected chi connectivity index (χ4v) is 4.40. The normalized spacial score (nSPS) is 24.6. The Kier molecular flexibility index (Phi) is 4.59. The molecule has 0 saturated carbocycles. The van der Waals surface area contributed by atoms with Gasteiger partial charge in [-0.2, -0.15) is 4.31 Å². The number of rotatable bonds is 3. The van der Waals surface area contributed by atoms with Crippen LogP contribution in [0.1, 0.15) is 13.8 Å². The second-order valence-corrected chi connectivity index (χ2v) is 7.43. The van der Waals surface area contributed by atoms with Gasteiger partial charge < -0.3 is 10.1 Å². The summed E-state index contributed by atoms with van der Waals surface area (Å²) in [6, 6.07) is 4.79. The van der Waals surface area contributed by atoms with Crippen LogP contribution in [0.3, 0.4) is 0 Å². The van der Waals surface area contributed by atoms with Crippen molar-refractivity contribution in [1.82, 2.24) is 9.62 Å². The van der Waals surface area contributed by atoms with Crippen molar-refractivity contribution in [3.05, 3.63) is 23.2 Å². The fraction of sp³-hybridized carbons (Fsp3) is 0.538. The summed E-state index contributed by atoms with van der Waals surface area (Å²) in [6.45, 7) is 4.85. The number of sulfonamides is 1. The van der Waals surface area contributed by atoms with Gasteiger partial charge in [-0.3, -0.25) is 0 Å². The summed E-state index contributed by atoms with van der Waals surface area (Å²) >= 11 is 6.01. The molecule has 1 N–H and O–H groups in total. The van der Waals surface area contributed by atoms with Gasteiger partial charge in [-0.15, -0.1) is 0 Å². The summed E-state index contributed by atoms with van der Waals surface area (Å²) in [5, 5.41) is 3.61. The molecule has 1 aromatic carbocycles. The van der Waals surface area contributed by atoms with Gasteiger partial charge >= 0.3 is 0 Å². The molecule has 0 spiro atoms. The molecule has 1 aromatic rings. The zero-order chi connectivity index (χ0) is 14.9. The van der Waals surface area contributed by atoms with E-state index in [0.29, 0.717) is 23.9 Å². The maximum Gasteiger partial charge on any atom is 0.243 e. The summed E-state index contributed by atoms with van der Waals surface area (Å²) in [7, 11) is -2.03. The van der Waals surface area contributed by atoms with Gasteiger partial charge in [0.2, 0.25) is 10.0 Å². The van der Waals surface area contributed by atoms with Gasteiger partial charge in [-0.05, 0) is 32.0 Å². The van der Waals surface area contributed by atoms with Crippen molar-refractivity contribution in [2.45, 2.75) is 30.8 Å². The molecule has 1 saturated heterocycles. The minimum atomic E-state index is -3.52. The Labute approximate surface area is 124 Å². The van der Waals surface area contributed by atoms with Gasteiger partial charge in [0.1, 0.15) is 5.75 Å². The molecule has 0 aliphatic carbocycles. The van der Waals surface area contributed by atoms with Gasteiger partial charge in [0.15, 0.2) is 0 Å². The number of hydrogen-bond acceptors (Lipinski definition) is 4. The van der Waals surface area contributed by atoms with Crippen LogP contribution >= 0.6 is 11.6 Å². The van der Waals surface area contributed by atoms with Crippen LogP contribution in [0.4, 0.5) is 0 Å². The lowest BCUT2D eigenvalue weighted by Crippen LogP contribution is -2.55. The zero-order valence-electron chi connectivity index (χ0n) is 11.8. The quantitative estimate of drug-likeness (QED) is 0.922. The lowest BCUT2D eigenvalue weighted by molar-refractivity contribution is 0.263. The van der Waals surface area contributed by atoms with Gasteiger partial charge in [-0.25, -0.2) is 8.42 Å². The molecule has 0 bridgehead atoms. The smallest absolute Gasteiger partial charge is 0.243 e. The van der Waals surface area contributed by atoms with Crippen LogP contribution < -0.4 is 10.1 Å². The van der Waals surface area contributed by atoms with Crippen LogP contribution in [0.25, 0.3) is 0 Å². The first-order chi connectivity index (χ1) is 9.34. The minimum absolute atomic E-state index is 0.127. The van der Waals surface area contributed by atoms with E-state index in [2.05, 4.69) is 5.32 Å². The highest BCUT2D eigenvalue weighted by molar-refractivity contribution is 7.89. The predicted molar refractivity (Wildman–Crippen MR) is 78.8 cm³/mol. The molecule has 1 aliphatic rings. The van der Waals surface area contributed by atoms with E-state index in [4.69, 9.17) is 16.3 Å². The molecule has 7 heteroatoms.